The summed E-state index contributed by atoms with van der Waals surface area (Å²) in [6.45, 7) is 15.8. The van der Waals surface area contributed by atoms with Crippen LogP contribution in [0.25, 0.3) is 10.4 Å². The van der Waals surface area contributed by atoms with Crippen molar-refractivity contribution in [2.75, 3.05) is 18.0 Å². The zero-order chi connectivity index (χ0) is 27.5. The van der Waals surface area contributed by atoms with Crippen LogP contribution in [0.4, 0.5) is 11.4 Å². The average molecular weight is 529 g/mol. The average Bonchev–Trinajstić information content (AvgIpc) is 3.14. The van der Waals surface area contributed by atoms with Crippen LogP contribution in [-0.4, -0.2) is 27.4 Å². The van der Waals surface area contributed by atoms with E-state index in [1.54, 1.807) is 18.2 Å². The van der Waals surface area contributed by atoms with Crippen LogP contribution in [0.15, 0.2) is 63.0 Å². The summed E-state index contributed by atoms with van der Waals surface area (Å²) in [6.07, 6.45) is 9.66. The first kappa shape index (κ1) is 28.9. The first-order chi connectivity index (χ1) is 18.4. The molecular formula is C31H36N4O2S. The van der Waals surface area contributed by atoms with Crippen molar-refractivity contribution in [3.05, 3.63) is 75.6 Å². The number of hydrogen-bond acceptors (Lipinski definition) is 5. The van der Waals surface area contributed by atoms with Gasteiger partial charge in [-0.25, -0.2) is 23.5 Å². The standard InChI is InChI=1S/C31H36N4O2S/c1-5-7-9-13-19-35(20-14-10-8-6-2)25-17-18-27(24(3)21-25)34-23-30-31(28(22-32)33-4)26-15-11-12-16-29(26)38(30,36)37/h11-12,15-18,21H,5-10,13-14,19-20H2,1-3H3/b31-28+. The summed E-state index contributed by atoms with van der Waals surface area (Å²) in [4.78, 5) is 9.96. The molecule has 0 fully saturated rings. The zero-order valence-electron chi connectivity index (χ0n) is 22.6. The molecule has 7 heteroatoms. The molecule has 0 aliphatic carbocycles. The number of aryl methyl sites for hydroxylation is 1. The summed E-state index contributed by atoms with van der Waals surface area (Å²) in [5.74, 6) is 2.71. The molecule has 198 valence electrons. The fourth-order valence-corrected chi connectivity index (χ4v) is 6.24. The summed E-state index contributed by atoms with van der Waals surface area (Å²) in [5.41, 5.74) is 2.78. The van der Waals surface area contributed by atoms with Crippen LogP contribution in [0, 0.1) is 24.8 Å². The van der Waals surface area contributed by atoms with Crippen molar-refractivity contribution in [2.45, 2.75) is 77.0 Å². The Morgan fingerprint density at radius 1 is 1.00 bits per heavy atom. The van der Waals surface area contributed by atoms with E-state index in [1.165, 1.54) is 44.6 Å². The first-order valence-electron chi connectivity index (χ1n) is 13.4. The van der Waals surface area contributed by atoms with Gasteiger partial charge >= 0.3 is 0 Å². The summed E-state index contributed by atoms with van der Waals surface area (Å²) in [5, 5.41) is 9.50. The van der Waals surface area contributed by atoms with E-state index in [9.17, 15) is 13.7 Å². The molecule has 0 saturated carbocycles. The molecule has 2 aromatic carbocycles. The lowest BCUT2D eigenvalue weighted by Crippen LogP contribution is -2.25. The van der Waals surface area contributed by atoms with Gasteiger partial charge in [0.15, 0.2) is 0 Å². The van der Waals surface area contributed by atoms with Crippen LogP contribution in [0.3, 0.4) is 0 Å². The lowest BCUT2D eigenvalue weighted by atomic mass is 10.0. The molecule has 0 spiro atoms. The number of hydrogen-bond donors (Lipinski definition) is 0. The summed E-state index contributed by atoms with van der Waals surface area (Å²) >= 11 is 0. The molecule has 0 radical (unpaired) electrons. The highest BCUT2D eigenvalue weighted by molar-refractivity contribution is 7.96. The van der Waals surface area contributed by atoms with Crippen molar-refractivity contribution >= 4 is 32.7 Å². The lowest BCUT2D eigenvalue weighted by Gasteiger charge is -2.25. The molecule has 38 heavy (non-hydrogen) atoms. The number of nitriles is 1. The number of fused-ring (bicyclic) bond motifs is 1. The van der Waals surface area contributed by atoms with E-state index < -0.39 is 9.84 Å². The van der Waals surface area contributed by atoms with Gasteiger partial charge in [0.05, 0.1) is 23.2 Å². The third-order valence-electron chi connectivity index (χ3n) is 6.78. The number of aliphatic imine (C=N–C) groups is 1. The van der Waals surface area contributed by atoms with Crippen LogP contribution in [0.5, 0.6) is 0 Å². The van der Waals surface area contributed by atoms with E-state index in [2.05, 4.69) is 40.5 Å². The molecular weight excluding hydrogens is 492 g/mol. The normalized spacial score (nSPS) is 14.7. The molecule has 0 atom stereocenters. The quantitative estimate of drug-likeness (QED) is 0.122. The number of rotatable bonds is 12. The molecule has 0 bridgehead atoms. The van der Waals surface area contributed by atoms with E-state index in [4.69, 9.17) is 6.57 Å². The highest BCUT2D eigenvalue weighted by Crippen LogP contribution is 2.43. The Labute approximate surface area is 227 Å². The van der Waals surface area contributed by atoms with Crippen molar-refractivity contribution in [3.63, 3.8) is 0 Å². The number of anilines is 1. The highest BCUT2D eigenvalue weighted by atomic mass is 32.2. The minimum atomic E-state index is -3.94. The van der Waals surface area contributed by atoms with Gasteiger partial charge in [0.25, 0.3) is 5.70 Å². The first-order valence-corrected chi connectivity index (χ1v) is 14.9. The van der Waals surface area contributed by atoms with E-state index in [0.717, 1.165) is 37.2 Å². The second-order valence-electron chi connectivity index (χ2n) is 9.58. The van der Waals surface area contributed by atoms with Gasteiger partial charge in [0.1, 0.15) is 4.91 Å². The van der Waals surface area contributed by atoms with Crippen LogP contribution in [0.1, 0.15) is 76.3 Å². The van der Waals surface area contributed by atoms with Crippen molar-refractivity contribution in [3.8, 4) is 6.07 Å². The molecule has 2 aromatic rings. The second kappa shape index (κ2) is 13.8. The molecule has 1 aliphatic heterocycles. The molecule has 0 saturated heterocycles. The lowest BCUT2D eigenvalue weighted by molar-refractivity contribution is 0.605. The molecule has 3 rings (SSSR count). The molecule has 0 unspecified atom stereocenters. The van der Waals surface area contributed by atoms with Gasteiger partial charge in [0.2, 0.25) is 9.84 Å². The summed E-state index contributed by atoms with van der Waals surface area (Å²) in [6, 6.07) is 14.3. The van der Waals surface area contributed by atoms with Crippen molar-refractivity contribution in [2.24, 2.45) is 4.99 Å². The predicted molar refractivity (Wildman–Crippen MR) is 155 cm³/mol. The maximum Gasteiger partial charge on any atom is 0.271 e. The maximum atomic E-state index is 13.3. The van der Waals surface area contributed by atoms with Gasteiger partial charge < -0.3 is 4.90 Å². The summed E-state index contributed by atoms with van der Waals surface area (Å²) in [7, 11) is -3.94. The van der Waals surface area contributed by atoms with Gasteiger partial charge in [-0.2, -0.15) is 0 Å². The smallest absolute Gasteiger partial charge is 0.271 e. The van der Waals surface area contributed by atoms with Crippen molar-refractivity contribution in [1.29, 1.82) is 5.26 Å². The number of nitrogens with zero attached hydrogens (tertiary/aromatic N) is 4. The topological polar surface area (TPSA) is 77.9 Å². The second-order valence-corrected chi connectivity index (χ2v) is 11.4. The van der Waals surface area contributed by atoms with E-state index in [-0.39, 0.29) is 21.1 Å². The maximum absolute atomic E-state index is 13.3. The van der Waals surface area contributed by atoms with Gasteiger partial charge in [-0.15, -0.1) is 0 Å². The monoisotopic (exact) mass is 528 g/mol. The van der Waals surface area contributed by atoms with E-state index >= 15 is 0 Å². The van der Waals surface area contributed by atoms with E-state index in [1.807, 2.05) is 25.1 Å². The third kappa shape index (κ3) is 6.62. The fraction of sp³-hybridized carbons (Fsp3) is 0.419. The molecule has 1 aliphatic rings. The fourth-order valence-electron chi connectivity index (χ4n) is 4.66. The zero-order valence-corrected chi connectivity index (χ0v) is 23.4. The Balaban J connectivity index is 1.97. The Kier molecular flexibility index (Phi) is 10.5. The molecule has 0 aromatic heterocycles. The van der Waals surface area contributed by atoms with Crippen LogP contribution >= 0.6 is 0 Å². The van der Waals surface area contributed by atoms with E-state index in [0.29, 0.717) is 11.3 Å². The van der Waals surface area contributed by atoms with Gasteiger partial charge in [-0.05, 0) is 55.2 Å². The highest BCUT2D eigenvalue weighted by Gasteiger charge is 2.38. The Hall–Kier alpha value is -3.64. The summed E-state index contributed by atoms with van der Waals surface area (Å²) < 4.78 is 26.5. The number of benzene rings is 2. The molecule has 6 nitrogen and oxygen atoms in total. The van der Waals surface area contributed by atoms with Crippen molar-refractivity contribution < 1.29 is 8.42 Å². The Morgan fingerprint density at radius 3 is 2.24 bits per heavy atom. The number of allylic oxidation sites excluding steroid dienone is 2. The Morgan fingerprint density at radius 2 is 1.66 bits per heavy atom. The van der Waals surface area contributed by atoms with Gasteiger partial charge in [-0.3, -0.25) is 0 Å². The number of sulfone groups is 1. The Bertz CT molecular complexity index is 1410. The van der Waals surface area contributed by atoms with Gasteiger partial charge in [0, 0.05) is 30.2 Å². The SMILES string of the molecule is [C-]#[N+]/C(C#N)=C1/C(=C=Nc2ccc(N(CCCCCC)CCCCCC)cc2C)S(=O)(=O)c2ccccc21. The molecule has 1 heterocycles. The minimum absolute atomic E-state index is 0.0676. The third-order valence-corrected chi connectivity index (χ3v) is 8.55. The largest absolute Gasteiger partial charge is 0.372 e. The van der Waals surface area contributed by atoms with Gasteiger partial charge in [-0.1, -0.05) is 70.6 Å². The molecule has 0 N–H and O–H groups in total. The predicted octanol–water partition coefficient (Wildman–Crippen LogP) is 7.79. The van der Waals surface area contributed by atoms with Crippen LogP contribution in [0.2, 0.25) is 0 Å². The van der Waals surface area contributed by atoms with Crippen molar-refractivity contribution in [1.82, 2.24) is 0 Å². The number of unbranched alkanes of at least 4 members (excludes halogenated alkanes) is 6. The van der Waals surface area contributed by atoms with Crippen LogP contribution in [-0.2, 0) is 9.84 Å². The molecule has 0 amide bonds. The van der Waals surface area contributed by atoms with Crippen LogP contribution < -0.4 is 4.90 Å². The minimum Gasteiger partial charge on any atom is -0.372 e.